The highest BCUT2D eigenvalue weighted by Gasteiger charge is 2.34. The molecule has 1 aliphatic carbocycles. The fourth-order valence-corrected chi connectivity index (χ4v) is 1.93. The molecule has 0 spiro atoms. The van der Waals surface area contributed by atoms with Gasteiger partial charge in [0.05, 0.1) is 22.2 Å². The second-order valence-corrected chi connectivity index (χ2v) is 4.53. The molecule has 6 heteroatoms. The zero-order valence-corrected chi connectivity index (χ0v) is 9.72. The van der Waals surface area contributed by atoms with E-state index in [1.165, 1.54) is 18.2 Å². The molecule has 1 saturated carbocycles. The second-order valence-electron chi connectivity index (χ2n) is 4.53. The first kappa shape index (κ1) is 12.3. The molecule has 0 aliphatic heterocycles. The minimum absolute atomic E-state index is 0.0862. The highest BCUT2D eigenvalue weighted by molar-refractivity contribution is 5.64. The van der Waals surface area contributed by atoms with Crippen molar-refractivity contribution in [2.45, 2.75) is 24.9 Å². The van der Waals surface area contributed by atoms with Crippen LogP contribution in [0.2, 0.25) is 0 Å². The van der Waals surface area contributed by atoms with E-state index < -0.39 is 10.5 Å². The van der Waals surface area contributed by atoms with E-state index >= 15 is 0 Å². The molecular weight excluding hydrogens is 234 g/mol. The Bertz CT molecular complexity index is 518. The maximum atomic E-state index is 10.8. The van der Waals surface area contributed by atoms with E-state index in [1.54, 1.807) is 0 Å². The first-order valence-corrected chi connectivity index (χ1v) is 5.69. The topological polar surface area (TPSA) is 99.2 Å². The van der Waals surface area contributed by atoms with Gasteiger partial charge in [0.2, 0.25) is 0 Å². The lowest BCUT2D eigenvalue weighted by molar-refractivity contribution is -0.384. The van der Waals surface area contributed by atoms with Crippen molar-refractivity contribution < 1.29 is 10.0 Å². The molecule has 18 heavy (non-hydrogen) atoms. The van der Waals surface area contributed by atoms with E-state index in [1.807, 2.05) is 6.07 Å². The van der Waals surface area contributed by atoms with Gasteiger partial charge in [0, 0.05) is 12.6 Å². The van der Waals surface area contributed by atoms with Gasteiger partial charge in [-0.15, -0.1) is 0 Å². The quantitative estimate of drug-likeness (QED) is 0.624. The van der Waals surface area contributed by atoms with Crippen LogP contribution in [0.25, 0.3) is 0 Å². The lowest BCUT2D eigenvalue weighted by Gasteiger charge is -2.36. The fraction of sp³-hybridized carbons (Fsp3) is 0.417. The predicted molar refractivity (Wildman–Crippen MR) is 65.1 cm³/mol. The van der Waals surface area contributed by atoms with Crippen molar-refractivity contribution >= 4 is 11.4 Å². The summed E-state index contributed by atoms with van der Waals surface area (Å²) in [4.78, 5) is 10.3. The van der Waals surface area contributed by atoms with E-state index in [2.05, 4.69) is 5.32 Å². The second kappa shape index (κ2) is 4.63. The Balaban J connectivity index is 2.18. The molecule has 0 saturated heterocycles. The number of nitro benzene ring substituents is 1. The Kier molecular flexibility index (Phi) is 3.17. The monoisotopic (exact) mass is 247 g/mol. The van der Waals surface area contributed by atoms with Gasteiger partial charge in [-0.3, -0.25) is 10.1 Å². The molecule has 2 rings (SSSR count). The minimum Gasteiger partial charge on any atom is -0.388 e. The van der Waals surface area contributed by atoms with E-state index in [0.717, 1.165) is 6.42 Å². The number of anilines is 1. The lowest BCUT2D eigenvalue weighted by Crippen LogP contribution is -2.43. The number of nitriles is 1. The number of nitrogens with one attached hydrogen (secondary N) is 1. The Morgan fingerprint density at radius 3 is 2.78 bits per heavy atom. The van der Waals surface area contributed by atoms with Crippen LogP contribution in [-0.2, 0) is 0 Å². The molecule has 0 atom stereocenters. The van der Waals surface area contributed by atoms with E-state index in [4.69, 9.17) is 5.26 Å². The predicted octanol–water partition coefficient (Wildman–Crippen LogP) is 1.79. The van der Waals surface area contributed by atoms with Crippen LogP contribution in [-0.4, -0.2) is 22.2 Å². The zero-order valence-electron chi connectivity index (χ0n) is 9.72. The maximum Gasteiger partial charge on any atom is 0.292 e. The molecule has 0 heterocycles. The van der Waals surface area contributed by atoms with E-state index in [0.29, 0.717) is 18.4 Å². The number of aliphatic hydroxyl groups is 1. The van der Waals surface area contributed by atoms with Crippen LogP contribution in [0.5, 0.6) is 0 Å². The number of nitrogens with zero attached hydrogens (tertiary/aromatic N) is 2. The molecule has 1 aromatic rings. The van der Waals surface area contributed by atoms with Crippen molar-refractivity contribution in [1.29, 1.82) is 5.26 Å². The first-order valence-electron chi connectivity index (χ1n) is 5.69. The summed E-state index contributed by atoms with van der Waals surface area (Å²) in [6.07, 6.45) is 2.37. The van der Waals surface area contributed by atoms with Crippen LogP contribution < -0.4 is 5.32 Å². The number of benzene rings is 1. The molecule has 0 bridgehead atoms. The van der Waals surface area contributed by atoms with Crippen molar-refractivity contribution in [3.05, 3.63) is 33.9 Å². The SMILES string of the molecule is N#Cc1ccc([N+](=O)[O-])c(NCC2(O)CCC2)c1. The molecule has 94 valence electrons. The van der Waals surface area contributed by atoms with Crippen LogP contribution in [0.3, 0.4) is 0 Å². The van der Waals surface area contributed by atoms with Crippen LogP contribution in [0.4, 0.5) is 11.4 Å². The molecule has 6 nitrogen and oxygen atoms in total. The first-order chi connectivity index (χ1) is 8.54. The molecular formula is C12H13N3O3. The normalized spacial score (nSPS) is 16.4. The molecule has 1 aliphatic rings. The van der Waals surface area contributed by atoms with Crippen LogP contribution in [0, 0.1) is 21.4 Å². The van der Waals surface area contributed by atoms with Gasteiger partial charge in [-0.05, 0) is 31.4 Å². The van der Waals surface area contributed by atoms with Gasteiger partial charge >= 0.3 is 0 Å². The van der Waals surface area contributed by atoms with Crippen molar-refractivity contribution in [2.75, 3.05) is 11.9 Å². The molecule has 1 aromatic carbocycles. The summed E-state index contributed by atoms with van der Waals surface area (Å²) in [6, 6.07) is 6.07. The average molecular weight is 247 g/mol. The highest BCUT2D eigenvalue weighted by atomic mass is 16.6. The van der Waals surface area contributed by atoms with Gasteiger partial charge in [0.25, 0.3) is 5.69 Å². The van der Waals surface area contributed by atoms with E-state index in [-0.39, 0.29) is 17.9 Å². The van der Waals surface area contributed by atoms with Crippen LogP contribution in [0.15, 0.2) is 18.2 Å². The number of rotatable bonds is 4. The molecule has 0 aromatic heterocycles. The molecule has 0 amide bonds. The Morgan fingerprint density at radius 1 is 1.56 bits per heavy atom. The maximum absolute atomic E-state index is 10.8. The zero-order chi connectivity index (χ0) is 13.2. The fourth-order valence-electron chi connectivity index (χ4n) is 1.93. The molecule has 0 radical (unpaired) electrons. The van der Waals surface area contributed by atoms with Gasteiger partial charge in [0.15, 0.2) is 0 Å². The van der Waals surface area contributed by atoms with Crippen LogP contribution >= 0.6 is 0 Å². The summed E-state index contributed by atoms with van der Waals surface area (Å²) in [6.45, 7) is 0.267. The third-order valence-corrected chi connectivity index (χ3v) is 3.21. The van der Waals surface area contributed by atoms with Gasteiger partial charge in [0.1, 0.15) is 5.69 Å². The van der Waals surface area contributed by atoms with Gasteiger partial charge < -0.3 is 10.4 Å². The Morgan fingerprint density at radius 2 is 2.28 bits per heavy atom. The summed E-state index contributed by atoms with van der Waals surface area (Å²) in [7, 11) is 0. The summed E-state index contributed by atoms with van der Waals surface area (Å²) in [5.41, 5.74) is -0.226. The smallest absolute Gasteiger partial charge is 0.292 e. The van der Waals surface area contributed by atoms with Gasteiger partial charge in [-0.25, -0.2) is 0 Å². The highest BCUT2D eigenvalue weighted by Crippen LogP contribution is 2.33. The molecule has 1 fully saturated rings. The summed E-state index contributed by atoms with van der Waals surface area (Å²) >= 11 is 0. The van der Waals surface area contributed by atoms with Crippen molar-refractivity contribution in [2.24, 2.45) is 0 Å². The van der Waals surface area contributed by atoms with Crippen molar-refractivity contribution in [3.8, 4) is 6.07 Å². The van der Waals surface area contributed by atoms with Crippen LogP contribution in [0.1, 0.15) is 24.8 Å². The minimum atomic E-state index is -0.767. The average Bonchev–Trinajstić information content (AvgIpc) is 2.33. The summed E-state index contributed by atoms with van der Waals surface area (Å²) in [5.74, 6) is 0. The molecule has 2 N–H and O–H groups in total. The van der Waals surface area contributed by atoms with Gasteiger partial charge in [-0.1, -0.05) is 0 Å². The van der Waals surface area contributed by atoms with Crippen molar-refractivity contribution in [3.63, 3.8) is 0 Å². The third-order valence-electron chi connectivity index (χ3n) is 3.21. The summed E-state index contributed by atoms with van der Waals surface area (Å²) < 4.78 is 0. The number of hydrogen-bond donors (Lipinski definition) is 2. The summed E-state index contributed by atoms with van der Waals surface area (Å²) in [5, 5.41) is 32.4. The third kappa shape index (κ3) is 2.41. The van der Waals surface area contributed by atoms with Gasteiger partial charge in [-0.2, -0.15) is 5.26 Å². The number of nitro groups is 1. The van der Waals surface area contributed by atoms with E-state index in [9.17, 15) is 15.2 Å². The van der Waals surface area contributed by atoms with Crippen molar-refractivity contribution in [1.82, 2.24) is 0 Å². The largest absolute Gasteiger partial charge is 0.388 e. The Labute approximate surface area is 104 Å². The Hall–Kier alpha value is -2.13. The standard InChI is InChI=1S/C12H13N3O3/c13-7-9-2-3-11(15(17)18)10(6-9)14-8-12(16)4-1-5-12/h2-3,6,14,16H,1,4-5,8H2. The molecule has 0 unspecified atom stereocenters. The number of hydrogen-bond acceptors (Lipinski definition) is 5. The lowest BCUT2D eigenvalue weighted by atomic mass is 9.80.